The number of H-pyrrole nitrogens is 1. The van der Waals surface area contributed by atoms with Gasteiger partial charge in [0.2, 0.25) is 23.6 Å². The summed E-state index contributed by atoms with van der Waals surface area (Å²) in [6, 6.07) is 4.44. The minimum absolute atomic E-state index is 0.165. The van der Waals surface area contributed by atoms with Crippen molar-refractivity contribution in [1.29, 1.82) is 0 Å². The summed E-state index contributed by atoms with van der Waals surface area (Å²) >= 11 is 0. The van der Waals surface area contributed by atoms with Crippen molar-refractivity contribution in [2.24, 2.45) is 5.92 Å². The molecular weight excluding hydrogens is 546 g/mol. The molecule has 43 heavy (non-hydrogen) atoms. The van der Waals surface area contributed by atoms with Gasteiger partial charge in [-0.3, -0.25) is 24.0 Å². The van der Waals surface area contributed by atoms with Gasteiger partial charge < -0.3 is 25.8 Å². The van der Waals surface area contributed by atoms with Crippen LogP contribution in [0.1, 0.15) is 90.5 Å². The summed E-state index contributed by atoms with van der Waals surface area (Å²) in [5, 5.41) is 9.82. The second-order valence-electron chi connectivity index (χ2n) is 12.1. The molecule has 2 aliphatic rings. The lowest BCUT2D eigenvalue weighted by atomic mass is 9.93. The predicted molar refractivity (Wildman–Crippen MR) is 165 cm³/mol. The standard InChI is InChI=1S/C33H47N5O5/c1-4-21(3)29-33(43)38-18-12-11-17-28(38)32(42)35-26(16-8-6-7-13-23(39)5-2)30(40)36-27(31(41)37-29)19-22-20-34-25-15-10-9-14-24(22)25/h9-10,14-15,20-21,26-29,34H,4-8,11-13,16-19H2,1-3H3,(H,35,42)(H,36,40)(H,37,41)/t21?,26-,27-,28+,29-/m0/s1. The molecule has 2 aliphatic heterocycles. The lowest BCUT2D eigenvalue weighted by molar-refractivity contribution is -0.147. The average molecular weight is 594 g/mol. The highest BCUT2D eigenvalue weighted by atomic mass is 16.2. The fourth-order valence-electron chi connectivity index (χ4n) is 6.15. The Hall–Kier alpha value is -3.69. The SMILES string of the molecule is CCC(=O)CCCCC[C@@H]1NC(=O)[C@H]2CCCCN2C(=O)[C@H](C(C)CC)NC(=O)[C@H](Cc2c[nH]c3ccccc23)NC1=O. The van der Waals surface area contributed by atoms with E-state index in [0.717, 1.165) is 42.1 Å². The van der Waals surface area contributed by atoms with E-state index in [9.17, 15) is 24.0 Å². The number of aromatic nitrogens is 1. The Morgan fingerprint density at radius 1 is 0.930 bits per heavy atom. The summed E-state index contributed by atoms with van der Waals surface area (Å²) in [5.74, 6) is -1.39. The molecule has 1 unspecified atom stereocenters. The molecule has 0 saturated carbocycles. The first kappa shape index (κ1) is 32.2. The average Bonchev–Trinajstić information content (AvgIpc) is 3.43. The van der Waals surface area contributed by atoms with Crippen LogP contribution in [0.2, 0.25) is 0 Å². The Balaban J connectivity index is 1.63. The second-order valence-corrected chi connectivity index (χ2v) is 12.1. The molecule has 10 nitrogen and oxygen atoms in total. The van der Waals surface area contributed by atoms with E-state index in [1.54, 1.807) is 4.90 Å². The Labute approximate surface area is 254 Å². The quantitative estimate of drug-likeness (QED) is 0.295. The van der Waals surface area contributed by atoms with Gasteiger partial charge in [0, 0.05) is 42.9 Å². The third kappa shape index (κ3) is 8.03. The molecule has 0 spiro atoms. The van der Waals surface area contributed by atoms with Crippen LogP contribution >= 0.6 is 0 Å². The number of para-hydroxylation sites is 1. The van der Waals surface area contributed by atoms with Crippen molar-refractivity contribution in [3.63, 3.8) is 0 Å². The van der Waals surface area contributed by atoms with Crippen molar-refractivity contribution in [1.82, 2.24) is 25.8 Å². The highest BCUT2D eigenvalue weighted by molar-refractivity contribution is 5.98. The molecular formula is C33H47N5O5. The van der Waals surface area contributed by atoms with Crippen LogP contribution in [0.25, 0.3) is 10.9 Å². The van der Waals surface area contributed by atoms with Gasteiger partial charge in [0.25, 0.3) is 0 Å². The number of aromatic amines is 1. The summed E-state index contributed by atoms with van der Waals surface area (Å²) in [7, 11) is 0. The fourth-order valence-corrected chi connectivity index (χ4v) is 6.15. The van der Waals surface area contributed by atoms with Crippen LogP contribution in [0.15, 0.2) is 30.5 Å². The molecule has 1 aromatic carbocycles. The smallest absolute Gasteiger partial charge is 0.246 e. The number of carbonyl (C=O) groups is 5. The Kier molecular flexibility index (Phi) is 11.4. The number of benzene rings is 1. The maximum atomic E-state index is 14.0. The van der Waals surface area contributed by atoms with E-state index < -0.39 is 36.0 Å². The number of fused-ring (bicyclic) bond motifs is 2. The van der Waals surface area contributed by atoms with Crippen LogP contribution in [0.5, 0.6) is 0 Å². The molecule has 2 saturated heterocycles. The Bertz CT molecular complexity index is 1310. The highest BCUT2D eigenvalue weighted by Crippen LogP contribution is 2.23. The summed E-state index contributed by atoms with van der Waals surface area (Å²) in [5.41, 5.74) is 1.79. The van der Waals surface area contributed by atoms with Crippen molar-refractivity contribution < 1.29 is 24.0 Å². The molecule has 0 radical (unpaired) electrons. The summed E-state index contributed by atoms with van der Waals surface area (Å²) in [6.07, 6.45) is 8.30. The Morgan fingerprint density at radius 2 is 1.67 bits per heavy atom. The zero-order valence-corrected chi connectivity index (χ0v) is 25.7. The first-order valence-corrected chi connectivity index (χ1v) is 16.0. The van der Waals surface area contributed by atoms with Crippen molar-refractivity contribution in [2.75, 3.05) is 6.54 Å². The Morgan fingerprint density at radius 3 is 2.44 bits per heavy atom. The second kappa shape index (κ2) is 15.2. The van der Waals surface area contributed by atoms with E-state index in [1.165, 1.54) is 0 Å². The van der Waals surface area contributed by atoms with Gasteiger partial charge >= 0.3 is 0 Å². The van der Waals surface area contributed by atoms with E-state index in [-0.39, 0.29) is 29.9 Å². The molecule has 234 valence electrons. The van der Waals surface area contributed by atoms with Crippen LogP contribution in [0.4, 0.5) is 0 Å². The molecule has 5 atom stereocenters. The normalized spacial score (nSPS) is 24.3. The number of rotatable bonds is 11. The topological polar surface area (TPSA) is 140 Å². The number of ketones is 1. The van der Waals surface area contributed by atoms with Crippen molar-refractivity contribution >= 4 is 40.3 Å². The number of carbonyl (C=O) groups excluding carboxylic acids is 5. The zero-order chi connectivity index (χ0) is 30.9. The monoisotopic (exact) mass is 593 g/mol. The third-order valence-electron chi connectivity index (χ3n) is 9.07. The number of amides is 4. The molecule has 4 amide bonds. The third-order valence-corrected chi connectivity index (χ3v) is 9.07. The molecule has 0 aliphatic carbocycles. The molecule has 4 rings (SSSR count). The van der Waals surface area contributed by atoms with Crippen LogP contribution in [-0.4, -0.2) is 70.0 Å². The number of nitrogens with one attached hydrogen (secondary N) is 4. The van der Waals surface area contributed by atoms with Crippen LogP contribution in [-0.2, 0) is 30.4 Å². The summed E-state index contributed by atoms with van der Waals surface area (Å²) in [6.45, 7) is 6.17. The number of hydrogen-bond acceptors (Lipinski definition) is 5. The van der Waals surface area contributed by atoms with Gasteiger partial charge in [-0.1, -0.05) is 58.2 Å². The van der Waals surface area contributed by atoms with Crippen LogP contribution in [0.3, 0.4) is 0 Å². The fraction of sp³-hybridized carbons (Fsp3) is 0.606. The minimum Gasteiger partial charge on any atom is -0.361 e. The van der Waals surface area contributed by atoms with E-state index in [2.05, 4.69) is 20.9 Å². The number of nitrogens with zero attached hydrogens (tertiary/aromatic N) is 1. The lowest BCUT2D eigenvalue weighted by Gasteiger charge is -2.39. The largest absolute Gasteiger partial charge is 0.361 e. The molecule has 0 bridgehead atoms. The van der Waals surface area contributed by atoms with Gasteiger partial charge in [-0.15, -0.1) is 0 Å². The number of Topliss-reactive ketones (excluding diaryl/α,β-unsaturated/α-hetero) is 1. The van der Waals surface area contributed by atoms with Crippen molar-refractivity contribution in [2.45, 2.75) is 116 Å². The number of unbranched alkanes of at least 4 members (excludes halogenated alkanes) is 2. The van der Waals surface area contributed by atoms with Gasteiger partial charge in [0.05, 0.1) is 0 Å². The number of hydrogen-bond donors (Lipinski definition) is 4. The van der Waals surface area contributed by atoms with Gasteiger partial charge in [-0.25, -0.2) is 0 Å². The predicted octanol–water partition coefficient (Wildman–Crippen LogP) is 3.54. The van der Waals surface area contributed by atoms with E-state index in [0.29, 0.717) is 45.1 Å². The van der Waals surface area contributed by atoms with Crippen LogP contribution in [0, 0.1) is 5.92 Å². The van der Waals surface area contributed by atoms with Gasteiger partial charge in [-0.05, 0) is 49.7 Å². The van der Waals surface area contributed by atoms with E-state index in [4.69, 9.17) is 0 Å². The minimum atomic E-state index is -0.954. The molecule has 10 heteroatoms. The van der Waals surface area contributed by atoms with Crippen LogP contribution < -0.4 is 16.0 Å². The molecule has 4 N–H and O–H groups in total. The summed E-state index contributed by atoms with van der Waals surface area (Å²) in [4.78, 5) is 71.9. The zero-order valence-electron chi connectivity index (χ0n) is 25.7. The molecule has 3 heterocycles. The van der Waals surface area contributed by atoms with E-state index >= 15 is 0 Å². The lowest BCUT2D eigenvalue weighted by Crippen LogP contribution is -2.64. The van der Waals surface area contributed by atoms with Gasteiger partial charge in [0.1, 0.15) is 30.0 Å². The van der Waals surface area contributed by atoms with Gasteiger partial charge in [0.15, 0.2) is 0 Å². The molecule has 1 aromatic heterocycles. The van der Waals surface area contributed by atoms with E-state index in [1.807, 2.05) is 51.2 Å². The highest BCUT2D eigenvalue weighted by Gasteiger charge is 2.40. The first-order valence-electron chi connectivity index (χ1n) is 16.0. The molecule has 2 aromatic rings. The summed E-state index contributed by atoms with van der Waals surface area (Å²) < 4.78 is 0. The first-order chi connectivity index (χ1) is 20.7. The van der Waals surface area contributed by atoms with Gasteiger partial charge in [-0.2, -0.15) is 0 Å². The molecule has 2 fully saturated rings. The maximum absolute atomic E-state index is 14.0. The van der Waals surface area contributed by atoms with Crippen molar-refractivity contribution in [3.05, 3.63) is 36.0 Å². The van der Waals surface area contributed by atoms with Crippen molar-refractivity contribution in [3.8, 4) is 0 Å². The maximum Gasteiger partial charge on any atom is 0.246 e. The number of piperidine rings is 1.